The Hall–Kier alpha value is -0.790. The Labute approximate surface area is 48.8 Å². The Kier molecular flexibility index (Phi) is 2.25. The molecule has 0 aliphatic heterocycles. The molecule has 0 fully saturated rings. The molecule has 0 heterocycles. The van der Waals surface area contributed by atoms with Gasteiger partial charge in [-0.3, -0.25) is 0 Å². The average Bonchev–Trinajstić information content (AvgIpc) is 1.64. The van der Waals surface area contributed by atoms with Crippen LogP contribution >= 0.6 is 0 Å². The molecule has 0 rings (SSSR count). The Morgan fingerprint density at radius 1 is 1.25 bits per heavy atom. The quantitative estimate of drug-likeness (QED) is 0.523. The van der Waals surface area contributed by atoms with Gasteiger partial charge < -0.3 is 5.11 Å². The molecule has 2 heteroatoms. The van der Waals surface area contributed by atoms with Crippen LogP contribution in [0, 0.1) is 0 Å². The van der Waals surface area contributed by atoms with Crippen LogP contribution in [0.3, 0.4) is 0 Å². The summed E-state index contributed by atoms with van der Waals surface area (Å²) < 4.78 is 0. The minimum atomic E-state index is -0.829. The van der Waals surface area contributed by atoms with Gasteiger partial charge in [0.2, 0.25) is 0 Å². The first-order valence-electron chi connectivity index (χ1n) is 2.43. The van der Waals surface area contributed by atoms with E-state index in [1.54, 1.807) is 20.8 Å². The number of carboxylic acids is 1. The summed E-state index contributed by atoms with van der Waals surface area (Å²) in [6.07, 6.45) is 0. The molecule has 0 radical (unpaired) electrons. The molecular formula is C6H10O2. The first-order valence-corrected chi connectivity index (χ1v) is 2.43. The maximum absolute atomic E-state index is 10.1. The van der Waals surface area contributed by atoms with E-state index in [4.69, 9.17) is 5.11 Å². The molecule has 46 valence electrons. The molecule has 0 amide bonds. The molecule has 0 aromatic rings. The second-order valence-electron chi connectivity index (χ2n) is 1.93. The highest BCUT2D eigenvalue weighted by Crippen LogP contribution is 1.99. The van der Waals surface area contributed by atoms with Crippen LogP contribution in [0.2, 0.25) is 0 Å². The maximum atomic E-state index is 10.1. The van der Waals surface area contributed by atoms with Crippen LogP contribution in [0.4, 0.5) is 0 Å². The van der Waals surface area contributed by atoms with E-state index >= 15 is 0 Å². The monoisotopic (exact) mass is 114 g/mol. The third-order valence-corrected chi connectivity index (χ3v) is 1.07. The van der Waals surface area contributed by atoms with Crippen molar-refractivity contribution in [1.29, 1.82) is 0 Å². The summed E-state index contributed by atoms with van der Waals surface area (Å²) in [4.78, 5) is 10.1. The predicted molar refractivity (Wildman–Crippen MR) is 31.7 cm³/mol. The Bertz CT molecular complexity index is 129. The van der Waals surface area contributed by atoms with Crippen LogP contribution < -0.4 is 0 Å². The van der Waals surface area contributed by atoms with Gasteiger partial charge >= 0.3 is 5.97 Å². The Morgan fingerprint density at radius 2 is 1.62 bits per heavy atom. The predicted octanol–water partition coefficient (Wildman–Crippen LogP) is 1.43. The first kappa shape index (κ1) is 7.21. The van der Waals surface area contributed by atoms with Gasteiger partial charge in [-0.1, -0.05) is 5.57 Å². The van der Waals surface area contributed by atoms with E-state index in [1.165, 1.54) is 0 Å². The van der Waals surface area contributed by atoms with Crippen LogP contribution in [-0.4, -0.2) is 11.1 Å². The number of allylic oxidation sites excluding steroid dienone is 1. The van der Waals surface area contributed by atoms with Gasteiger partial charge in [-0.15, -0.1) is 0 Å². The Morgan fingerprint density at radius 3 is 1.62 bits per heavy atom. The molecule has 0 aliphatic rings. The molecule has 0 unspecified atom stereocenters. The average molecular weight is 114 g/mol. The maximum Gasteiger partial charge on any atom is 0.331 e. The van der Waals surface area contributed by atoms with E-state index in [0.717, 1.165) is 5.57 Å². The molecular weight excluding hydrogens is 104 g/mol. The molecule has 1 N–H and O–H groups in total. The van der Waals surface area contributed by atoms with Crippen molar-refractivity contribution in [2.24, 2.45) is 0 Å². The summed E-state index contributed by atoms with van der Waals surface area (Å²) in [6.45, 7) is 5.16. The van der Waals surface area contributed by atoms with E-state index in [1.807, 2.05) is 0 Å². The normalized spacial score (nSPS) is 8.38. The fraction of sp³-hybridized carbons (Fsp3) is 0.500. The second kappa shape index (κ2) is 2.50. The minimum absolute atomic E-state index is 0.435. The molecule has 2 nitrogen and oxygen atoms in total. The Balaban J connectivity index is 4.23. The van der Waals surface area contributed by atoms with Gasteiger partial charge in [-0.05, 0) is 20.8 Å². The number of carbonyl (C=O) groups is 1. The van der Waals surface area contributed by atoms with Crippen LogP contribution in [0.5, 0.6) is 0 Å². The highest BCUT2D eigenvalue weighted by atomic mass is 16.4. The molecule has 0 aromatic heterocycles. The van der Waals surface area contributed by atoms with Crippen LogP contribution in [0.25, 0.3) is 0 Å². The molecule has 0 saturated heterocycles. The first-order chi connectivity index (χ1) is 3.55. The lowest BCUT2D eigenvalue weighted by molar-refractivity contribution is -0.132. The summed E-state index contributed by atoms with van der Waals surface area (Å²) in [5.74, 6) is -0.829. The van der Waals surface area contributed by atoms with Gasteiger partial charge in [0, 0.05) is 5.57 Å². The molecule has 0 bridgehead atoms. The van der Waals surface area contributed by atoms with E-state index in [-0.39, 0.29) is 0 Å². The van der Waals surface area contributed by atoms with Gasteiger partial charge in [0.25, 0.3) is 0 Å². The topological polar surface area (TPSA) is 37.3 Å². The fourth-order valence-electron chi connectivity index (χ4n) is 0.214. The fourth-order valence-corrected chi connectivity index (χ4v) is 0.214. The lowest BCUT2D eigenvalue weighted by Crippen LogP contribution is -1.97. The summed E-state index contributed by atoms with van der Waals surface area (Å²) in [6, 6.07) is 0. The number of carboxylic acid groups (broad SMARTS) is 1. The largest absolute Gasteiger partial charge is 0.478 e. The van der Waals surface area contributed by atoms with Gasteiger partial charge in [-0.25, -0.2) is 4.79 Å². The zero-order valence-corrected chi connectivity index (χ0v) is 5.36. The van der Waals surface area contributed by atoms with Crippen LogP contribution in [-0.2, 0) is 4.79 Å². The SMILES string of the molecule is CC(C)=C(C)C(=O)O. The van der Waals surface area contributed by atoms with Gasteiger partial charge in [-0.2, -0.15) is 0 Å². The van der Waals surface area contributed by atoms with Crippen molar-refractivity contribution in [3.05, 3.63) is 11.1 Å². The van der Waals surface area contributed by atoms with Crippen molar-refractivity contribution in [3.63, 3.8) is 0 Å². The number of hydrogen-bond donors (Lipinski definition) is 1. The second-order valence-corrected chi connectivity index (χ2v) is 1.93. The number of hydrogen-bond acceptors (Lipinski definition) is 1. The van der Waals surface area contributed by atoms with Gasteiger partial charge in [0.1, 0.15) is 0 Å². The zero-order valence-electron chi connectivity index (χ0n) is 5.36. The molecule has 0 saturated carbocycles. The van der Waals surface area contributed by atoms with Crippen molar-refractivity contribution in [3.8, 4) is 0 Å². The summed E-state index contributed by atoms with van der Waals surface area (Å²) in [5.41, 5.74) is 1.29. The molecule has 0 aromatic carbocycles. The van der Waals surface area contributed by atoms with Gasteiger partial charge in [0.05, 0.1) is 0 Å². The molecule has 0 spiro atoms. The molecule has 0 atom stereocenters. The van der Waals surface area contributed by atoms with E-state index < -0.39 is 5.97 Å². The van der Waals surface area contributed by atoms with Crippen molar-refractivity contribution < 1.29 is 9.90 Å². The summed E-state index contributed by atoms with van der Waals surface area (Å²) in [5, 5.41) is 8.29. The highest BCUT2D eigenvalue weighted by molar-refractivity contribution is 5.86. The van der Waals surface area contributed by atoms with Gasteiger partial charge in [0.15, 0.2) is 0 Å². The van der Waals surface area contributed by atoms with Crippen molar-refractivity contribution in [2.75, 3.05) is 0 Å². The smallest absolute Gasteiger partial charge is 0.331 e. The van der Waals surface area contributed by atoms with Crippen LogP contribution in [0.15, 0.2) is 11.1 Å². The lowest BCUT2D eigenvalue weighted by Gasteiger charge is -1.92. The minimum Gasteiger partial charge on any atom is -0.478 e. The third-order valence-electron chi connectivity index (χ3n) is 1.07. The molecule has 0 aliphatic carbocycles. The van der Waals surface area contributed by atoms with E-state index in [0.29, 0.717) is 5.57 Å². The van der Waals surface area contributed by atoms with E-state index in [2.05, 4.69) is 0 Å². The number of rotatable bonds is 1. The van der Waals surface area contributed by atoms with Crippen molar-refractivity contribution >= 4 is 5.97 Å². The van der Waals surface area contributed by atoms with E-state index in [9.17, 15) is 4.79 Å². The summed E-state index contributed by atoms with van der Waals surface area (Å²) in [7, 11) is 0. The summed E-state index contributed by atoms with van der Waals surface area (Å²) >= 11 is 0. The third kappa shape index (κ3) is 1.78. The van der Waals surface area contributed by atoms with Crippen molar-refractivity contribution in [2.45, 2.75) is 20.8 Å². The van der Waals surface area contributed by atoms with Crippen LogP contribution in [0.1, 0.15) is 20.8 Å². The standard InChI is InChI=1S/C6H10O2/c1-4(2)5(3)6(7)8/h1-3H3,(H,7,8). The lowest BCUT2D eigenvalue weighted by atomic mass is 10.2. The highest BCUT2D eigenvalue weighted by Gasteiger charge is 1.98. The van der Waals surface area contributed by atoms with Crippen molar-refractivity contribution in [1.82, 2.24) is 0 Å². The number of aliphatic carboxylic acids is 1. The zero-order chi connectivity index (χ0) is 6.73. The molecule has 8 heavy (non-hydrogen) atoms.